The largest absolute Gasteiger partial charge is 0.408 e. The Morgan fingerprint density at radius 2 is 2.03 bits per heavy atom. The average Bonchev–Trinajstić information content (AvgIpc) is 3.29. The highest BCUT2D eigenvalue weighted by molar-refractivity contribution is 6.40. The Morgan fingerprint density at radius 3 is 2.82 bits per heavy atom. The average molecular weight is 463 g/mol. The van der Waals surface area contributed by atoms with Crippen LogP contribution in [0.4, 0.5) is 13.2 Å². The van der Waals surface area contributed by atoms with Gasteiger partial charge in [0.2, 0.25) is 0 Å². The van der Waals surface area contributed by atoms with Crippen LogP contribution in [0, 0.1) is 0 Å². The zero-order chi connectivity index (χ0) is 24.1. The summed E-state index contributed by atoms with van der Waals surface area (Å²) in [6.45, 7) is -0.739. The lowest BCUT2D eigenvalue weighted by Gasteiger charge is -2.29. The minimum atomic E-state index is -4.51. The van der Waals surface area contributed by atoms with Crippen molar-refractivity contribution >= 4 is 43.4 Å². The molecular weight excluding hydrogens is 445 g/mol. The predicted octanol–water partition coefficient (Wildman–Crippen LogP) is 3.07. The van der Waals surface area contributed by atoms with Crippen LogP contribution < -0.4 is 0 Å². The molecule has 34 heavy (non-hydrogen) atoms. The molecule has 12 heteroatoms. The van der Waals surface area contributed by atoms with Crippen LogP contribution in [0.2, 0.25) is 5.21 Å². The smallest absolute Gasteiger partial charge is 0.380 e. The molecule has 0 bridgehead atoms. The summed E-state index contributed by atoms with van der Waals surface area (Å²) in [5.74, 6) is -0.499. The van der Waals surface area contributed by atoms with Crippen molar-refractivity contribution in [2.24, 2.45) is 0 Å². The number of hydrogen-bond acceptors (Lipinski definition) is 4. The van der Waals surface area contributed by atoms with Gasteiger partial charge in [0, 0.05) is 53.9 Å². The van der Waals surface area contributed by atoms with E-state index in [4.69, 9.17) is 20.4 Å². The number of fused-ring (bicyclic) bond motifs is 2. The minimum Gasteiger partial charge on any atom is -0.380 e. The number of amides is 1. The van der Waals surface area contributed by atoms with Crippen molar-refractivity contribution in [2.75, 3.05) is 26.3 Å². The molecule has 1 aliphatic rings. The predicted molar refractivity (Wildman–Crippen MR) is 122 cm³/mol. The lowest BCUT2D eigenvalue weighted by molar-refractivity contribution is -0.141. The van der Waals surface area contributed by atoms with E-state index >= 15 is 0 Å². The number of carbonyl (C=O) groups is 1. The molecule has 1 aromatic carbocycles. The zero-order valence-electron chi connectivity index (χ0n) is 18.0. The van der Waals surface area contributed by atoms with Gasteiger partial charge in [-0.1, -0.05) is 23.4 Å². The van der Waals surface area contributed by atoms with Crippen molar-refractivity contribution in [2.45, 2.75) is 17.9 Å². The number of para-hydroxylation sites is 1. The van der Waals surface area contributed by atoms with Crippen molar-refractivity contribution in [3.63, 3.8) is 0 Å². The number of rotatable bonds is 3. The Kier molecular flexibility index (Phi) is 5.43. The highest BCUT2D eigenvalue weighted by Gasteiger charge is 2.32. The van der Waals surface area contributed by atoms with E-state index < -0.39 is 23.8 Å². The first-order valence-corrected chi connectivity index (χ1v) is 10.6. The maximum atomic E-state index is 13.4. The molecule has 7 nitrogen and oxygen atoms in total. The van der Waals surface area contributed by atoms with Crippen molar-refractivity contribution < 1.29 is 22.7 Å². The number of benzene rings is 1. The summed E-state index contributed by atoms with van der Waals surface area (Å²) in [4.78, 5) is 21.9. The molecular formula is C22H18B2F3N5O2. The number of ether oxygens (including phenoxy) is 1. The van der Waals surface area contributed by atoms with Crippen LogP contribution in [0.25, 0.3) is 33.1 Å². The Bertz CT molecular complexity index is 1380. The van der Waals surface area contributed by atoms with E-state index in [1.807, 2.05) is 24.3 Å². The van der Waals surface area contributed by atoms with Gasteiger partial charge in [0.25, 0.3) is 5.91 Å². The van der Waals surface area contributed by atoms with Crippen molar-refractivity contribution in [3.8, 4) is 11.3 Å². The monoisotopic (exact) mass is 463 g/mol. The van der Waals surface area contributed by atoms with Crippen LogP contribution in [0.15, 0.2) is 42.7 Å². The van der Waals surface area contributed by atoms with Gasteiger partial charge in [0.15, 0.2) is 0 Å². The number of hydrogen-bond donors (Lipinski definition) is 1. The lowest BCUT2D eigenvalue weighted by Crippen LogP contribution is -2.39. The molecule has 0 aliphatic carbocycles. The minimum absolute atomic E-state index is 0.0218. The van der Waals surface area contributed by atoms with E-state index in [9.17, 15) is 18.0 Å². The highest BCUT2D eigenvalue weighted by atomic mass is 19.4. The molecule has 1 N–H and O–H groups in total. The third kappa shape index (κ3) is 4.29. The quantitative estimate of drug-likeness (QED) is 0.475. The van der Waals surface area contributed by atoms with Gasteiger partial charge >= 0.3 is 6.18 Å². The molecule has 4 aromatic rings. The third-order valence-electron chi connectivity index (χ3n) is 5.68. The van der Waals surface area contributed by atoms with Gasteiger partial charge in [0.05, 0.1) is 27.8 Å². The van der Waals surface area contributed by atoms with Crippen LogP contribution in [-0.4, -0.2) is 78.7 Å². The Balaban J connectivity index is 1.61. The fourth-order valence-electron chi connectivity index (χ4n) is 4.20. The van der Waals surface area contributed by atoms with Crippen LogP contribution in [0.5, 0.6) is 0 Å². The Labute approximate surface area is 195 Å². The summed E-state index contributed by atoms with van der Waals surface area (Å²) in [5.41, 5.74) is 1.93. The lowest BCUT2D eigenvalue weighted by atomic mass is 9.55. The fraction of sp³-hybridized carbons (Fsp3) is 0.318. The van der Waals surface area contributed by atoms with Gasteiger partial charge in [-0.25, -0.2) is 0 Å². The molecule has 1 amide bonds. The summed E-state index contributed by atoms with van der Waals surface area (Å²) < 4.78 is 46.3. The summed E-state index contributed by atoms with van der Waals surface area (Å²) >= 11 is 0. The molecule has 0 atom stereocenters. The van der Waals surface area contributed by atoms with Gasteiger partial charge in [0.1, 0.15) is 17.9 Å². The standard InChI is InChI=1S/C22H18B2F3N5O2/c23-21(24)10-31(5-6-34-12-21)20(33)17-7-18-15(9-29-17)19(30-32(18)11-22(25,26)27)14-8-28-16-4-2-1-3-13(14)16/h1-4,7-9,28H,5-6,10-12H2. The topological polar surface area (TPSA) is 76.0 Å². The highest BCUT2D eigenvalue weighted by Crippen LogP contribution is 2.34. The van der Waals surface area contributed by atoms with Crippen LogP contribution in [0.1, 0.15) is 10.5 Å². The summed E-state index contributed by atoms with van der Waals surface area (Å²) in [7, 11) is 11.9. The number of nitrogens with one attached hydrogen (secondary N) is 1. The van der Waals surface area contributed by atoms with Crippen LogP contribution in [-0.2, 0) is 11.3 Å². The van der Waals surface area contributed by atoms with Gasteiger partial charge in [-0.3, -0.25) is 14.5 Å². The second-order valence-electron chi connectivity index (χ2n) is 8.47. The molecule has 3 aromatic heterocycles. The Hall–Kier alpha value is -3.27. The summed E-state index contributed by atoms with van der Waals surface area (Å²) in [6, 6.07) is 8.74. The number of H-pyrrole nitrogens is 1. The second kappa shape index (κ2) is 8.19. The van der Waals surface area contributed by atoms with Gasteiger partial charge in [-0.15, -0.1) is 0 Å². The maximum absolute atomic E-state index is 13.4. The molecule has 0 unspecified atom stereocenters. The number of aromatic nitrogens is 4. The third-order valence-corrected chi connectivity index (χ3v) is 5.68. The molecule has 0 spiro atoms. The maximum Gasteiger partial charge on any atom is 0.408 e. The van der Waals surface area contributed by atoms with Gasteiger partial charge in [-0.05, 0) is 12.1 Å². The number of pyridine rings is 1. The van der Waals surface area contributed by atoms with Crippen molar-refractivity contribution in [1.82, 2.24) is 24.6 Å². The first kappa shape index (κ1) is 22.5. The van der Waals surface area contributed by atoms with Crippen molar-refractivity contribution in [3.05, 3.63) is 48.4 Å². The van der Waals surface area contributed by atoms with E-state index in [1.54, 1.807) is 6.20 Å². The summed E-state index contributed by atoms with van der Waals surface area (Å²) in [6.07, 6.45) is -1.43. The van der Waals surface area contributed by atoms with E-state index in [0.717, 1.165) is 15.6 Å². The molecule has 4 heterocycles. The number of alkyl halides is 3. The molecule has 4 radical (unpaired) electrons. The SMILES string of the molecule is [B]C1([B])COCCN(C(=O)c2cc3c(cn2)c(-c2c[nH]c4ccccc24)nn3CC(F)(F)F)C1. The Morgan fingerprint density at radius 1 is 1.24 bits per heavy atom. The normalized spacial score (nSPS) is 16.7. The first-order valence-electron chi connectivity index (χ1n) is 10.6. The van der Waals surface area contributed by atoms with E-state index in [0.29, 0.717) is 16.6 Å². The summed E-state index contributed by atoms with van der Waals surface area (Å²) in [5, 5.41) is 4.24. The molecule has 1 saturated heterocycles. The van der Waals surface area contributed by atoms with Crippen molar-refractivity contribution in [1.29, 1.82) is 0 Å². The van der Waals surface area contributed by atoms with Crippen LogP contribution >= 0.6 is 0 Å². The fourth-order valence-corrected chi connectivity index (χ4v) is 4.20. The molecule has 5 rings (SSSR count). The van der Waals surface area contributed by atoms with Gasteiger partial charge in [-0.2, -0.15) is 18.3 Å². The van der Waals surface area contributed by atoms with E-state index in [-0.39, 0.29) is 37.5 Å². The number of carbonyl (C=O) groups excluding carboxylic acids is 1. The molecule has 170 valence electrons. The van der Waals surface area contributed by atoms with E-state index in [1.165, 1.54) is 17.2 Å². The molecule has 0 saturated carbocycles. The number of aromatic amines is 1. The first-order chi connectivity index (χ1) is 16.1. The van der Waals surface area contributed by atoms with E-state index in [2.05, 4.69) is 15.1 Å². The number of halogens is 3. The number of nitrogens with zero attached hydrogens (tertiary/aromatic N) is 4. The van der Waals surface area contributed by atoms with Gasteiger partial charge < -0.3 is 14.6 Å². The van der Waals surface area contributed by atoms with Crippen LogP contribution in [0.3, 0.4) is 0 Å². The zero-order valence-corrected chi connectivity index (χ0v) is 18.0. The second-order valence-corrected chi connectivity index (χ2v) is 8.47. The molecule has 1 fully saturated rings. The molecule has 1 aliphatic heterocycles.